The minimum atomic E-state index is -0.609. The number of halogens is 2. The second-order valence-corrected chi connectivity index (χ2v) is 5.09. The first-order chi connectivity index (χ1) is 7.74. The molecule has 0 saturated carbocycles. The molecular weight excluding hydrogens is 243 g/mol. The minimum Gasteiger partial charge on any atom is -0.352 e. The van der Waals surface area contributed by atoms with Gasteiger partial charge in [-0.3, -0.25) is 0 Å². The summed E-state index contributed by atoms with van der Waals surface area (Å²) in [5.41, 5.74) is 5.67. The molecule has 0 unspecified atom stereocenters. The summed E-state index contributed by atoms with van der Waals surface area (Å²) < 4.78 is 13.5. The lowest BCUT2D eigenvalue weighted by atomic mass is 9.84. The van der Waals surface area contributed by atoms with Crippen molar-refractivity contribution in [1.29, 1.82) is 0 Å². The number of aryl methyl sites for hydroxylation is 1. The number of carbonyl (C=O) groups excluding carboxylic acids is 1. The molecule has 1 aromatic rings. The smallest absolute Gasteiger partial charge is 0.312 e. The molecule has 17 heavy (non-hydrogen) atoms. The van der Waals surface area contributed by atoms with E-state index in [0.717, 1.165) is 0 Å². The van der Waals surface area contributed by atoms with Crippen molar-refractivity contribution < 1.29 is 9.18 Å². The van der Waals surface area contributed by atoms with Gasteiger partial charge in [0.15, 0.2) is 0 Å². The molecule has 1 aromatic carbocycles. The third-order valence-corrected chi connectivity index (χ3v) is 2.99. The first kappa shape index (κ1) is 13.8. The van der Waals surface area contributed by atoms with Gasteiger partial charge in [-0.05, 0) is 30.2 Å². The van der Waals surface area contributed by atoms with E-state index in [1.54, 1.807) is 13.0 Å². The highest BCUT2D eigenvalue weighted by Crippen LogP contribution is 2.31. The van der Waals surface area contributed by atoms with Crippen LogP contribution in [0.25, 0.3) is 0 Å². The quantitative estimate of drug-likeness (QED) is 0.861. The van der Waals surface area contributed by atoms with Crippen LogP contribution >= 0.6 is 11.6 Å². The molecule has 3 N–H and O–H groups in total. The molecule has 0 bridgehead atoms. The van der Waals surface area contributed by atoms with Crippen LogP contribution in [0.5, 0.6) is 0 Å². The average Bonchev–Trinajstić information content (AvgIpc) is 2.20. The van der Waals surface area contributed by atoms with Crippen LogP contribution in [0, 0.1) is 12.7 Å². The lowest BCUT2D eigenvalue weighted by Gasteiger charge is -2.26. The van der Waals surface area contributed by atoms with Gasteiger partial charge in [-0.2, -0.15) is 0 Å². The van der Waals surface area contributed by atoms with Crippen LogP contribution in [0.15, 0.2) is 12.1 Å². The largest absolute Gasteiger partial charge is 0.352 e. The first-order valence-electron chi connectivity index (χ1n) is 5.23. The first-order valence-corrected chi connectivity index (χ1v) is 5.61. The Kier molecular flexibility index (Phi) is 3.98. The minimum absolute atomic E-state index is 0.296. The van der Waals surface area contributed by atoms with E-state index in [9.17, 15) is 9.18 Å². The standard InChI is InChI=1S/C12H16ClFN2O/c1-7-4-9(13)8(5-10(7)14)12(2,3)6-16-11(15)17/h4-5H,6H2,1-3H3,(H3,15,16,17). The number of nitrogens with two attached hydrogens (primary N) is 1. The lowest BCUT2D eigenvalue weighted by molar-refractivity contribution is 0.246. The Morgan fingerprint density at radius 2 is 2.12 bits per heavy atom. The van der Waals surface area contributed by atoms with E-state index < -0.39 is 11.4 Å². The molecule has 5 heteroatoms. The highest BCUT2D eigenvalue weighted by atomic mass is 35.5. The monoisotopic (exact) mass is 258 g/mol. The van der Waals surface area contributed by atoms with E-state index in [2.05, 4.69) is 5.32 Å². The van der Waals surface area contributed by atoms with Gasteiger partial charge >= 0.3 is 6.03 Å². The van der Waals surface area contributed by atoms with Crippen molar-refractivity contribution in [2.24, 2.45) is 5.73 Å². The molecular formula is C12H16ClFN2O. The Morgan fingerprint density at radius 3 is 2.65 bits per heavy atom. The molecule has 1 rings (SSSR count). The van der Waals surface area contributed by atoms with E-state index in [0.29, 0.717) is 22.7 Å². The average molecular weight is 259 g/mol. The Hall–Kier alpha value is -1.29. The maximum absolute atomic E-state index is 13.5. The van der Waals surface area contributed by atoms with Crippen molar-refractivity contribution in [1.82, 2.24) is 5.32 Å². The van der Waals surface area contributed by atoms with E-state index in [1.165, 1.54) is 6.07 Å². The maximum Gasteiger partial charge on any atom is 0.312 e. The SMILES string of the molecule is Cc1cc(Cl)c(C(C)(C)CNC(N)=O)cc1F. The molecule has 0 aromatic heterocycles. The predicted molar refractivity (Wildman–Crippen MR) is 66.8 cm³/mol. The van der Waals surface area contributed by atoms with Crippen molar-refractivity contribution in [2.75, 3.05) is 6.54 Å². The summed E-state index contributed by atoms with van der Waals surface area (Å²) in [4.78, 5) is 10.7. The van der Waals surface area contributed by atoms with Gasteiger partial charge < -0.3 is 11.1 Å². The van der Waals surface area contributed by atoms with E-state index in [-0.39, 0.29) is 5.82 Å². The number of amides is 2. The lowest BCUT2D eigenvalue weighted by Crippen LogP contribution is -2.39. The second-order valence-electron chi connectivity index (χ2n) is 4.68. The second kappa shape index (κ2) is 4.92. The summed E-state index contributed by atoms with van der Waals surface area (Å²) in [5, 5.41) is 2.99. The molecule has 0 saturated heterocycles. The van der Waals surface area contributed by atoms with Crippen LogP contribution in [-0.2, 0) is 5.41 Å². The summed E-state index contributed by atoms with van der Waals surface area (Å²) in [6, 6.07) is 2.38. The summed E-state index contributed by atoms with van der Waals surface area (Å²) in [7, 11) is 0. The van der Waals surface area contributed by atoms with E-state index in [1.807, 2.05) is 13.8 Å². The maximum atomic E-state index is 13.5. The predicted octanol–water partition coefficient (Wildman–Crippen LogP) is 2.73. The summed E-state index contributed by atoms with van der Waals surface area (Å²) >= 11 is 6.09. The number of carbonyl (C=O) groups is 1. The fourth-order valence-electron chi connectivity index (χ4n) is 1.57. The number of hydrogen-bond acceptors (Lipinski definition) is 1. The Bertz CT molecular complexity index is 446. The van der Waals surface area contributed by atoms with Gasteiger partial charge in [-0.1, -0.05) is 25.4 Å². The molecule has 2 amide bonds. The molecule has 0 fully saturated rings. The van der Waals surface area contributed by atoms with Crippen LogP contribution < -0.4 is 11.1 Å². The molecule has 3 nitrogen and oxygen atoms in total. The van der Waals surface area contributed by atoms with Crippen LogP contribution in [0.4, 0.5) is 9.18 Å². The molecule has 0 aliphatic carbocycles. The number of rotatable bonds is 3. The van der Waals surface area contributed by atoms with Gasteiger partial charge in [0.05, 0.1) is 0 Å². The molecule has 0 spiro atoms. The van der Waals surface area contributed by atoms with Gasteiger partial charge in [-0.15, -0.1) is 0 Å². The summed E-state index contributed by atoms with van der Waals surface area (Å²) in [6.45, 7) is 5.67. The highest BCUT2D eigenvalue weighted by molar-refractivity contribution is 6.31. The van der Waals surface area contributed by atoms with Crippen molar-refractivity contribution in [3.05, 3.63) is 34.1 Å². The normalized spacial score (nSPS) is 11.4. The van der Waals surface area contributed by atoms with Crippen molar-refractivity contribution in [3.63, 3.8) is 0 Å². The number of nitrogens with one attached hydrogen (secondary N) is 1. The Morgan fingerprint density at radius 1 is 1.53 bits per heavy atom. The zero-order valence-corrected chi connectivity index (χ0v) is 10.9. The number of primary amides is 1. The number of urea groups is 1. The van der Waals surface area contributed by atoms with Crippen LogP contribution in [0.1, 0.15) is 25.0 Å². The van der Waals surface area contributed by atoms with Crippen LogP contribution in [-0.4, -0.2) is 12.6 Å². The van der Waals surface area contributed by atoms with Gasteiger partial charge in [-0.25, -0.2) is 9.18 Å². The van der Waals surface area contributed by atoms with Gasteiger partial charge in [0.1, 0.15) is 5.82 Å². The highest BCUT2D eigenvalue weighted by Gasteiger charge is 2.24. The molecule has 0 aliphatic heterocycles. The Labute approximate surface area is 105 Å². The zero-order valence-electron chi connectivity index (χ0n) is 10.1. The van der Waals surface area contributed by atoms with Crippen LogP contribution in [0.2, 0.25) is 5.02 Å². The molecule has 94 valence electrons. The third kappa shape index (κ3) is 3.33. The topological polar surface area (TPSA) is 55.1 Å². The van der Waals surface area contributed by atoms with Gasteiger partial charge in [0.2, 0.25) is 0 Å². The fraction of sp³-hybridized carbons (Fsp3) is 0.417. The van der Waals surface area contributed by atoms with E-state index >= 15 is 0 Å². The molecule has 0 radical (unpaired) electrons. The van der Waals surface area contributed by atoms with Gasteiger partial charge in [0.25, 0.3) is 0 Å². The third-order valence-electron chi connectivity index (χ3n) is 2.68. The van der Waals surface area contributed by atoms with Crippen LogP contribution in [0.3, 0.4) is 0 Å². The number of hydrogen-bond donors (Lipinski definition) is 2. The van der Waals surface area contributed by atoms with Crippen molar-refractivity contribution in [3.8, 4) is 0 Å². The summed E-state index contributed by atoms with van der Waals surface area (Å²) in [6.07, 6.45) is 0. The molecule has 0 aliphatic rings. The van der Waals surface area contributed by atoms with Crippen molar-refractivity contribution in [2.45, 2.75) is 26.2 Å². The fourth-order valence-corrected chi connectivity index (χ4v) is 2.04. The molecule has 0 atom stereocenters. The zero-order chi connectivity index (χ0) is 13.2. The van der Waals surface area contributed by atoms with Gasteiger partial charge in [0, 0.05) is 17.0 Å². The van der Waals surface area contributed by atoms with E-state index in [4.69, 9.17) is 17.3 Å². The Balaban J connectivity index is 3.05. The molecule has 0 heterocycles. The summed E-state index contributed by atoms with van der Waals surface area (Å²) in [5.74, 6) is -0.309. The number of benzene rings is 1. The van der Waals surface area contributed by atoms with Crippen molar-refractivity contribution >= 4 is 17.6 Å².